The SMILES string of the molecule is O=C1[C@@H]2[C@H]3C[C@@H]4[C@@H]2C(=O)[C@@H](Br)[C@@H]4[C@H]3[C@@H]1Br. The number of rotatable bonds is 0. The van der Waals surface area contributed by atoms with Crippen LogP contribution in [0.5, 0.6) is 0 Å². The van der Waals surface area contributed by atoms with Crippen LogP contribution in [0.2, 0.25) is 0 Å². The Morgan fingerprint density at radius 1 is 0.867 bits per heavy atom. The summed E-state index contributed by atoms with van der Waals surface area (Å²) in [5.74, 6) is 2.63. The quantitative estimate of drug-likeness (QED) is 0.633. The van der Waals surface area contributed by atoms with Crippen molar-refractivity contribution in [2.75, 3.05) is 0 Å². The lowest BCUT2D eigenvalue weighted by Gasteiger charge is -2.25. The minimum Gasteiger partial charge on any atom is -0.298 e. The molecular weight excluding hydrogens is 324 g/mol. The molecule has 0 radical (unpaired) electrons. The molecule has 0 unspecified atom stereocenters. The first-order valence-electron chi connectivity index (χ1n) is 5.48. The Morgan fingerprint density at radius 3 is 1.67 bits per heavy atom. The maximum Gasteiger partial charge on any atom is 0.150 e. The monoisotopic (exact) mass is 332 g/mol. The Hall–Kier alpha value is 0.300. The highest BCUT2D eigenvalue weighted by Gasteiger charge is 2.74. The molecule has 0 aromatic carbocycles. The van der Waals surface area contributed by atoms with Gasteiger partial charge in [0.25, 0.3) is 0 Å². The highest BCUT2D eigenvalue weighted by Crippen LogP contribution is 2.70. The standard InChI is InChI=1S/C11H10Br2O2/c12-8-4-2-1-3-5(4)9(13)11(15)7(3)6(2)10(8)14/h2-9H,1H2/t2-,3-,4-,5-,6-,7+,8-,9-/m0/s1. The molecule has 4 aliphatic rings. The summed E-state index contributed by atoms with van der Waals surface area (Å²) in [6.45, 7) is 0. The van der Waals surface area contributed by atoms with Gasteiger partial charge >= 0.3 is 0 Å². The third kappa shape index (κ3) is 0.791. The molecule has 4 saturated carbocycles. The van der Waals surface area contributed by atoms with E-state index >= 15 is 0 Å². The molecule has 0 aromatic heterocycles. The Labute approximate surface area is 104 Å². The summed E-state index contributed by atoms with van der Waals surface area (Å²) < 4.78 is 0. The zero-order valence-corrected chi connectivity index (χ0v) is 11.1. The van der Waals surface area contributed by atoms with Crippen LogP contribution in [0, 0.1) is 35.5 Å². The van der Waals surface area contributed by atoms with Crippen LogP contribution >= 0.6 is 31.9 Å². The zero-order valence-electron chi connectivity index (χ0n) is 7.90. The van der Waals surface area contributed by atoms with Crippen molar-refractivity contribution in [3.05, 3.63) is 0 Å². The summed E-state index contributed by atoms with van der Waals surface area (Å²) >= 11 is 7.09. The highest BCUT2D eigenvalue weighted by atomic mass is 79.9. The van der Waals surface area contributed by atoms with E-state index in [4.69, 9.17) is 0 Å². The second-order valence-corrected chi connectivity index (χ2v) is 7.35. The lowest BCUT2D eigenvalue weighted by atomic mass is 9.79. The summed E-state index contributed by atoms with van der Waals surface area (Å²) in [6, 6.07) is 0. The molecule has 80 valence electrons. The van der Waals surface area contributed by atoms with E-state index < -0.39 is 0 Å². The molecule has 0 heterocycles. The number of carbonyl (C=O) groups excluding carboxylic acids is 2. The van der Waals surface area contributed by atoms with Crippen LogP contribution in [0.4, 0.5) is 0 Å². The Morgan fingerprint density at radius 2 is 1.27 bits per heavy atom. The van der Waals surface area contributed by atoms with E-state index in [-0.39, 0.29) is 21.5 Å². The third-order valence-corrected chi connectivity index (χ3v) is 7.29. The molecule has 0 aliphatic heterocycles. The molecule has 4 rings (SSSR count). The molecule has 0 spiro atoms. The molecule has 2 nitrogen and oxygen atoms in total. The zero-order chi connectivity index (χ0) is 10.5. The van der Waals surface area contributed by atoms with E-state index in [1.54, 1.807) is 0 Å². The molecule has 0 saturated heterocycles. The highest BCUT2D eigenvalue weighted by molar-refractivity contribution is 9.10. The second-order valence-electron chi connectivity index (χ2n) is 5.38. The van der Waals surface area contributed by atoms with Crippen molar-refractivity contribution in [2.24, 2.45) is 35.5 Å². The van der Waals surface area contributed by atoms with E-state index in [1.807, 2.05) is 0 Å². The Kier molecular flexibility index (Phi) is 1.61. The van der Waals surface area contributed by atoms with E-state index in [0.717, 1.165) is 6.42 Å². The fourth-order valence-corrected chi connectivity index (χ4v) is 6.95. The molecule has 0 N–H and O–H groups in total. The van der Waals surface area contributed by atoms with Crippen LogP contribution in [0.3, 0.4) is 0 Å². The maximum atomic E-state index is 12.1. The average Bonchev–Trinajstić information content (AvgIpc) is 2.85. The Balaban J connectivity index is 1.93. The molecular formula is C11H10Br2O2. The first kappa shape index (κ1) is 9.34. The number of hydrogen-bond donors (Lipinski definition) is 0. The molecule has 4 heteroatoms. The lowest BCUT2D eigenvalue weighted by Crippen LogP contribution is -2.29. The van der Waals surface area contributed by atoms with Gasteiger partial charge in [0.05, 0.1) is 9.65 Å². The second kappa shape index (κ2) is 2.58. The van der Waals surface area contributed by atoms with Crippen LogP contribution in [0.1, 0.15) is 6.42 Å². The van der Waals surface area contributed by atoms with Gasteiger partial charge in [0.15, 0.2) is 11.6 Å². The van der Waals surface area contributed by atoms with Gasteiger partial charge in [-0.15, -0.1) is 0 Å². The van der Waals surface area contributed by atoms with E-state index in [9.17, 15) is 9.59 Å². The fourth-order valence-electron chi connectivity index (χ4n) is 4.85. The number of fused-ring (bicyclic) bond motifs is 2. The normalized spacial score (nSPS) is 64.7. The predicted octanol–water partition coefficient (Wildman–Crippen LogP) is 1.79. The van der Waals surface area contributed by atoms with Crippen molar-refractivity contribution in [1.29, 1.82) is 0 Å². The van der Waals surface area contributed by atoms with Crippen LogP contribution in [-0.2, 0) is 9.59 Å². The molecule has 4 fully saturated rings. The summed E-state index contributed by atoms with van der Waals surface area (Å²) in [7, 11) is 0. The minimum absolute atomic E-state index is 0.0284. The Bertz CT molecular complexity index is 358. The minimum atomic E-state index is 0.0284. The van der Waals surface area contributed by atoms with Gasteiger partial charge in [0, 0.05) is 11.8 Å². The van der Waals surface area contributed by atoms with E-state index in [1.165, 1.54) is 0 Å². The molecule has 15 heavy (non-hydrogen) atoms. The van der Waals surface area contributed by atoms with Crippen LogP contribution in [0.15, 0.2) is 0 Å². The largest absolute Gasteiger partial charge is 0.298 e. The van der Waals surface area contributed by atoms with Crippen molar-refractivity contribution in [1.82, 2.24) is 0 Å². The molecule has 0 amide bonds. The summed E-state index contributed by atoms with van der Waals surface area (Å²) in [4.78, 5) is 24.2. The van der Waals surface area contributed by atoms with Crippen molar-refractivity contribution < 1.29 is 9.59 Å². The number of halogens is 2. The van der Waals surface area contributed by atoms with Crippen LogP contribution in [0.25, 0.3) is 0 Å². The molecule has 4 aliphatic carbocycles. The van der Waals surface area contributed by atoms with E-state index in [2.05, 4.69) is 31.9 Å². The van der Waals surface area contributed by atoms with Gasteiger partial charge in [0.1, 0.15) is 0 Å². The van der Waals surface area contributed by atoms with Crippen molar-refractivity contribution in [3.8, 4) is 0 Å². The van der Waals surface area contributed by atoms with Gasteiger partial charge in [-0.25, -0.2) is 0 Å². The number of Topliss-reactive ketones (excluding diaryl/α,β-unsaturated/α-hetero) is 2. The van der Waals surface area contributed by atoms with Gasteiger partial charge in [-0.05, 0) is 30.1 Å². The van der Waals surface area contributed by atoms with Crippen molar-refractivity contribution in [3.63, 3.8) is 0 Å². The van der Waals surface area contributed by atoms with Gasteiger partial charge in [-0.2, -0.15) is 0 Å². The summed E-state index contributed by atoms with van der Waals surface area (Å²) in [6.07, 6.45) is 1.12. The van der Waals surface area contributed by atoms with Crippen LogP contribution < -0.4 is 0 Å². The summed E-state index contributed by atoms with van der Waals surface area (Å²) in [5, 5.41) is 0. The third-order valence-electron chi connectivity index (χ3n) is 5.16. The first-order valence-corrected chi connectivity index (χ1v) is 7.31. The van der Waals surface area contributed by atoms with Crippen molar-refractivity contribution in [2.45, 2.75) is 16.1 Å². The van der Waals surface area contributed by atoms with E-state index in [0.29, 0.717) is 35.2 Å². The van der Waals surface area contributed by atoms with Crippen molar-refractivity contribution >= 4 is 43.4 Å². The molecule has 2 bridgehead atoms. The number of alkyl halides is 2. The molecule has 0 aromatic rings. The topological polar surface area (TPSA) is 34.1 Å². The maximum absolute atomic E-state index is 12.1. The predicted molar refractivity (Wildman–Crippen MR) is 61.0 cm³/mol. The van der Waals surface area contributed by atoms with Gasteiger partial charge < -0.3 is 0 Å². The average molecular weight is 334 g/mol. The molecule has 8 atom stereocenters. The smallest absolute Gasteiger partial charge is 0.150 e. The van der Waals surface area contributed by atoms with Gasteiger partial charge in [-0.1, -0.05) is 31.9 Å². The lowest BCUT2D eigenvalue weighted by molar-refractivity contribution is -0.128. The van der Waals surface area contributed by atoms with Gasteiger partial charge in [0.2, 0.25) is 0 Å². The number of ketones is 2. The van der Waals surface area contributed by atoms with Gasteiger partial charge in [-0.3, -0.25) is 9.59 Å². The number of hydrogen-bond acceptors (Lipinski definition) is 2. The summed E-state index contributed by atoms with van der Waals surface area (Å²) in [5.41, 5.74) is 0. The number of carbonyl (C=O) groups is 2. The first-order chi connectivity index (χ1) is 7.13. The van der Waals surface area contributed by atoms with Crippen LogP contribution in [-0.4, -0.2) is 21.2 Å². The fraction of sp³-hybridized carbons (Fsp3) is 0.818.